The van der Waals surface area contributed by atoms with Crippen LogP contribution in [-0.2, 0) is 4.74 Å². The summed E-state index contributed by atoms with van der Waals surface area (Å²) in [5.74, 6) is 0.731. The average Bonchev–Trinajstić information content (AvgIpc) is 2.27. The molecule has 1 heterocycles. The number of alkyl carbamates (subject to hydrolysis) is 1. The maximum atomic E-state index is 11.3. The van der Waals surface area contributed by atoms with Gasteiger partial charge in [-0.1, -0.05) is 0 Å². The molecular formula is C13H20N2O3. The van der Waals surface area contributed by atoms with Crippen LogP contribution < -0.4 is 10.1 Å². The predicted molar refractivity (Wildman–Crippen MR) is 68.6 cm³/mol. The van der Waals surface area contributed by atoms with Crippen LogP contribution in [0.4, 0.5) is 4.79 Å². The SMILES string of the molecule is CC(C)(C)OC(=O)NCCCOc1cccnc1. The Bertz CT molecular complexity index is 360. The minimum atomic E-state index is -0.462. The van der Waals surface area contributed by atoms with Gasteiger partial charge in [0, 0.05) is 12.7 Å². The second-order valence-electron chi connectivity index (χ2n) is 4.82. The molecule has 1 aromatic heterocycles. The largest absolute Gasteiger partial charge is 0.492 e. The van der Waals surface area contributed by atoms with E-state index in [-0.39, 0.29) is 0 Å². The first kappa shape index (κ1) is 14.3. The number of hydrogen-bond acceptors (Lipinski definition) is 4. The van der Waals surface area contributed by atoms with E-state index in [1.807, 2.05) is 32.9 Å². The summed E-state index contributed by atoms with van der Waals surface area (Å²) >= 11 is 0. The fraction of sp³-hybridized carbons (Fsp3) is 0.538. The molecule has 0 saturated carbocycles. The van der Waals surface area contributed by atoms with E-state index in [1.165, 1.54) is 0 Å². The molecule has 18 heavy (non-hydrogen) atoms. The Balaban J connectivity index is 2.07. The van der Waals surface area contributed by atoms with Crippen molar-refractivity contribution in [2.45, 2.75) is 32.8 Å². The lowest BCUT2D eigenvalue weighted by atomic mass is 10.2. The van der Waals surface area contributed by atoms with Crippen molar-refractivity contribution >= 4 is 6.09 Å². The van der Waals surface area contributed by atoms with Crippen LogP contribution in [0.5, 0.6) is 5.75 Å². The van der Waals surface area contributed by atoms with E-state index in [0.29, 0.717) is 19.6 Å². The molecule has 1 aromatic rings. The van der Waals surface area contributed by atoms with Crippen molar-refractivity contribution < 1.29 is 14.3 Å². The third kappa shape index (κ3) is 6.73. The highest BCUT2D eigenvalue weighted by Crippen LogP contribution is 2.07. The Kier molecular flexibility index (Phi) is 5.42. The quantitative estimate of drug-likeness (QED) is 0.817. The molecule has 0 aliphatic heterocycles. The number of nitrogens with one attached hydrogen (secondary N) is 1. The van der Waals surface area contributed by atoms with Gasteiger partial charge in [-0.3, -0.25) is 4.98 Å². The summed E-state index contributed by atoms with van der Waals surface area (Å²) in [6, 6.07) is 3.66. The van der Waals surface area contributed by atoms with Crippen LogP contribution >= 0.6 is 0 Å². The van der Waals surface area contributed by atoms with Crippen molar-refractivity contribution in [2.75, 3.05) is 13.2 Å². The molecule has 0 aliphatic rings. The van der Waals surface area contributed by atoms with Gasteiger partial charge in [0.2, 0.25) is 0 Å². The van der Waals surface area contributed by atoms with E-state index in [0.717, 1.165) is 5.75 Å². The normalized spacial score (nSPS) is 10.8. The smallest absolute Gasteiger partial charge is 0.407 e. The number of pyridine rings is 1. The van der Waals surface area contributed by atoms with Crippen LogP contribution in [0.3, 0.4) is 0 Å². The van der Waals surface area contributed by atoms with Gasteiger partial charge in [0.05, 0.1) is 12.8 Å². The Morgan fingerprint density at radius 1 is 1.44 bits per heavy atom. The summed E-state index contributed by atoms with van der Waals surface area (Å²) in [6.45, 7) is 6.55. The summed E-state index contributed by atoms with van der Waals surface area (Å²) in [5.41, 5.74) is -0.462. The van der Waals surface area contributed by atoms with Gasteiger partial charge in [0.25, 0.3) is 0 Å². The van der Waals surface area contributed by atoms with Crippen LogP contribution in [0.15, 0.2) is 24.5 Å². The van der Waals surface area contributed by atoms with Crippen molar-refractivity contribution in [3.8, 4) is 5.75 Å². The molecule has 1 rings (SSSR count). The van der Waals surface area contributed by atoms with E-state index in [2.05, 4.69) is 10.3 Å². The molecule has 0 aliphatic carbocycles. The number of carbonyl (C=O) groups excluding carboxylic acids is 1. The standard InChI is InChI=1S/C13H20N2O3/c1-13(2,3)18-12(16)15-8-5-9-17-11-6-4-7-14-10-11/h4,6-7,10H,5,8-9H2,1-3H3,(H,15,16). The van der Waals surface area contributed by atoms with Crippen LogP contribution in [0, 0.1) is 0 Å². The topological polar surface area (TPSA) is 60.5 Å². The molecule has 0 radical (unpaired) electrons. The number of hydrogen-bond donors (Lipinski definition) is 1. The first-order valence-corrected chi connectivity index (χ1v) is 5.97. The van der Waals surface area contributed by atoms with Gasteiger partial charge < -0.3 is 14.8 Å². The third-order valence-electron chi connectivity index (χ3n) is 1.89. The lowest BCUT2D eigenvalue weighted by Crippen LogP contribution is -2.33. The first-order valence-electron chi connectivity index (χ1n) is 5.97. The number of amides is 1. The fourth-order valence-electron chi connectivity index (χ4n) is 1.20. The minimum absolute atomic E-state index is 0.399. The first-order chi connectivity index (χ1) is 8.47. The minimum Gasteiger partial charge on any atom is -0.492 e. The lowest BCUT2D eigenvalue weighted by molar-refractivity contribution is 0.0525. The van der Waals surface area contributed by atoms with Gasteiger partial charge >= 0.3 is 6.09 Å². The number of aromatic nitrogens is 1. The van der Waals surface area contributed by atoms with Crippen molar-refractivity contribution in [2.24, 2.45) is 0 Å². The summed E-state index contributed by atoms with van der Waals surface area (Å²) < 4.78 is 10.5. The Morgan fingerprint density at radius 3 is 2.83 bits per heavy atom. The zero-order chi connectivity index (χ0) is 13.4. The van der Waals surface area contributed by atoms with Crippen molar-refractivity contribution in [1.82, 2.24) is 10.3 Å². The van der Waals surface area contributed by atoms with Crippen LogP contribution in [-0.4, -0.2) is 29.8 Å². The molecule has 0 bridgehead atoms. The highest BCUT2D eigenvalue weighted by molar-refractivity contribution is 5.67. The molecule has 1 amide bonds. The molecule has 0 aromatic carbocycles. The maximum absolute atomic E-state index is 11.3. The molecule has 5 heteroatoms. The summed E-state index contributed by atoms with van der Waals surface area (Å²) in [6.07, 6.45) is 3.66. The lowest BCUT2D eigenvalue weighted by Gasteiger charge is -2.19. The van der Waals surface area contributed by atoms with Crippen molar-refractivity contribution in [3.05, 3.63) is 24.5 Å². The van der Waals surface area contributed by atoms with E-state index in [1.54, 1.807) is 12.4 Å². The van der Waals surface area contributed by atoms with Gasteiger partial charge in [0.15, 0.2) is 0 Å². The summed E-state index contributed by atoms with van der Waals surface area (Å²) in [5, 5.41) is 2.67. The van der Waals surface area contributed by atoms with Crippen molar-refractivity contribution in [1.29, 1.82) is 0 Å². The molecule has 100 valence electrons. The maximum Gasteiger partial charge on any atom is 0.407 e. The van der Waals surface area contributed by atoms with Gasteiger partial charge in [-0.05, 0) is 39.3 Å². The van der Waals surface area contributed by atoms with Crippen LogP contribution in [0.1, 0.15) is 27.2 Å². The second-order valence-corrected chi connectivity index (χ2v) is 4.82. The van der Waals surface area contributed by atoms with Crippen LogP contribution in [0.25, 0.3) is 0 Å². The number of ether oxygens (including phenoxy) is 2. The summed E-state index contributed by atoms with van der Waals surface area (Å²) in [4.78, 5) is 15.2. The second kappa shape index (κ2) is 6.83. The summed E-state index contributed by atoms with van der Waals surface area (Å²) in [7, 11) is 0. The Labute approximate surface area is 108 Å². The van der Waals surface area contributed by atoms with Gasteiger partial charge in [-0.2, -0.15) is 0 Å². The van der Waals surface area contributed by atoms with E-state index >= 15 is 0 Å². The zero-order valence-electron chi connectivity index (χ0n) is 11.1. The van der Waals surface area contributed by atoms with Gasteiger partial charge in [0.1, 0.15) is 11.4 Å². The Hall–Kier alpha value is -1.78. The van der Waals surface area contributed by atoms with Gasteiger partial charge in [-0.25, -0.2) is 4.79 Å². The molecule has 1 N–H and O–H groups in total. The molecule has 0 saturated heterocycles. The van der Waals surface area contributed by atoms with E-state index in [4.69, 9.17) is 9.47 Å². The highest BCUT2D eigenvalue weighted by Gasteiger charge is 2.15. The third-order valence-corrected chi connectivity index (χ3v) is 1.89. The highest BCUT2D eigenvalue weighted by atomic mass is 16.6. The molecule has 0 unspecified atom stereocenters. The van der Waals surface area contributed by atoms with Crippen LogP contribution in [0.2, 0.25) is 0 Å². The van der Waals surface area contributed by atoms with E-state index < -0.39 is 11.7 Å². The zero-order valence-corrected chi connectivity index (χ0v) is 11.1. The average molecular weight is 252 g/mol. The Morgan fingerprint density at radius 2 is 2.22 bits per heavy atom. The molecule has 0 fully saturated rings. The van der Waals surface area contributed by atoms with E-state index in [9.17, 15) is 4.79 Å². The molecule has 0 spiro atoms. The number of nitrogens with zero attached hydrogens (tertiary/aromatic N) is 1. The fourth-order valence-corrected chi connectivity index (χ4v) is 1.20. The number of carbonyl (C=O) groups is 1. The molecule has 5 nitrogen and oxygen atoms in total. The monoisotopic (exact) mass is 252 g/mol. The predicted octanol–water partition coefficient (Wildman–Crippen LogP) is 2.38. The molecule has 0 atom stereocenters. The number of rotatable bonds is 5. The van der Waals surface area contributed by atoms with Gasteiger partial charge in [-0.15, -0.1) is 0 Å². The van der Waals surface area contributed by atoms with Crippen molar-refractivity contribution in [3.63, 3.8) is 0 Å². The molecular weight excluding hydrogens is 232 g/mol.